The fourth-order valence-electron chi connectivity index (χ4n) is 2.14. The highest BCUT2D eigenvalue weighted by molar-refractivity contribution is 5.32. The van der Waals surface area contributed by atoms with E-state index in [2.05, 4.69) is 57.2 Å². The van der Waals surface area contributed by atoms with Crippen LogP contribution >= 0.6 is 0 Å². The number of hydrogen-bond donors (Lipinski definition) is 1. The first kappa shape index (κ1) is 15.6. The fraction of sp³-hybridized carbons (Fsp3) is 0.368. The summed E-state index contributed by atoms with van der Waals surface area (Å²) in [5.74, 6) is 0.911. The zero-order valence-electron chi connectivity index (χ0n) is 13.2. The van der Waals surface area contributed by atoms with Gasteiger partial charge >= 0.3 is 0 Å². The molecule has 2 aromatic carbocycles. The summed E-state index contributed by atoms with van der Waals surface area (Å²) in [6.45, 7) is 7.91. The summed E-state index contributed by atoms with van der Waals surface area (Å²) in [5, 5.41) is 0. The van der Waals surface area contributed by atoms with Crippen LogP contribution in [0.25, 0.3) is 0 Å². The zero-order valence-corrected chi connectivity index (χ0v) is 13.2. The second kappa shape index (κ2) is 6.77. The monoisotopic (exact) mass is 283 g/mol. The Hall–Kier alpha value is -1.80. The summed E-state index contributed by atoms with van der Waals surface area (Å²) in [5.41, 5.74) is 9.47. The molecule has 0 aliphatic heterocycles. The highest BCUT2D eigenvalue weighted by atomic mass is 16.5. The fourth-order valence-corrected chi connectivity index (χ4v) is 2.14. The van der Waals surface area contributed by atoms with Gasteiger partial charge in [0.2, 0.25) is 0 Å². The number of rotatable bonds is 6. The molecular formula is C19H25NO. The Labute approximate surface area is 127 Å². The lowest BCUT2D eigenvalue weighted by atomic mass is 9.82. The van der Waals surface area contributed by atoms with Gasteiger partial charge in [-0.1, -0.05) is 57.2 Å². The molecule has 0 amide bonds. The quantitative estimate of drug-likeness (QED) is 0.852. The Morgan fingerprint density at radius 3 is 2.00 bits per heavy atom. The lowest BCUT2D eigenvalue weighted by Crippen LogP contribution is -2.15. The zero-order chi connectivity index (χ0) is 15.3. The lowest BCUT2D eigenvalue weighted by molar-refractivity contribution is 0.306. The normalized spacial score (nSPS) is 11.4. The van der Waals surface area contributed by atoms with Crippen LogP contribution in [-0.2, 0) is 18.6 Å². The minimum atomic E-state index is 0.219. The van der Waals surface area contributed by atoms with Gasteiger partial charge in [-0.25, -0.2) is 0 Å². The van der Waals surface area contributed by atoms with Gasteiger partial charge in [0.1, 0.15) is 12.4 Å². The highest BCUT2D eigenvalue weighted by Gasteiger charge is 2.17. The van der Waals surface area contributed by atoms with Gasteiger partial charge in [-0.3, -0.25) is 0 Å². The van der Waals surface area contributed by atoms with E-state index >= 15 is 0 Å². The summed E-state index contributed by atoms with van der Waals surface area (Å²) >= 11 is 0. The van der Waals surface area contributed by atoms with Crippen LogP contribution in [0, 0.1) is 0 Å². The van der Waals surface area contributed by atoms with Crippen LogP contribution in [0.1, 0.15) is 43.9 Å². The maximum atomic E-state index is 5.84. The van der Waals surface area contributed by atoms with Crippen LogP contribution in [0.5, 0.6) is 5.75 Å². The average molecular weight is 283 g/mol. The molecule has 2 aromatic rings. The molecule has 2 nitrogen and oxygen atoms in total. The van der Waals surface area contributed by atoms with Crippen molar-refractivity contribution in [2.24, 2.45) is 5.73 Å². The first-order valence-corrected chi connectivity index (χ1v) is 7.56. The molecule has 0 fully saturated rings. The third kappa shape index (κ3) is 4.08. The van der Waals surface area contributed by atoms with Crippen LogP contribution in [0.15, 0.2) is 48.5 Å². The van der Waals surface area contributed by atoms with Gasteiger partial charge in [-0.2, -0.15) is 0 Å². The smallest absolute Gasteiger partial charge is 0.119 e. The standard InChI is InChI=1S/C19H25NO/c1-4-19(2,3)17-9-11-18(12-10-17)21-14-16-7-5-15(13-20)6-8-16/h5-12H,4,13-14,20H2,1-3H3. The molecule has 0 unspecified atom stereocenters. The molecule has 2 rings (SSSR count). The van der Waals surface area contributed by atoms with Crippen molar-refractivity contribution < 1.29 is 4.74 Å². The largest absolute Gasteiger partial charge is 0.489 e. The van der Waals surface area contributed by atoms with E-state index in [1.54, 1.807) is 0 Å². The number of nitrogens with two attached hydrogens (primary N) is 1. The van der Waals surface area contributed by atoms with Crippen LogP contribution < -0.4 is 10.5 Å². The molecule has 0 saturated carbocycles. The minimum absolute atomic E-state index is 0.219. The van der Waals surface area contributed by atoms with Gasteiger partial charge in [0.15, 0.2) is 0 Å². The van der Waals surface area contributed by atoms with E-state index in [0.717, 1.165) is 23.3 Å². The summed E-state index contributed by atoms with van der Waals surface area (Å²) in [6.07, 6.45) is 1.13. The molecule has 21 heavy (non-hydrogen) atoms. The molecule has 0 spiro atoms. The molecule has 0 aromatic heterocycles. The molecule has 0 saturated heterocycles. The third-order valence-electron chi connectivity index (χ3n) is 4.18. The Bertz CT molecular complexity index is 555. The third-order valence-corrected chi connectivity index (χ3v) is 4.18. The molecule has 112 valence electrons. The van der Waals surface area contributed by atoms with Gasteiger partial charge in [-0.05, 0) is 40.7 Å². The summed E-state index contributed by atoms with van der Waals surface area (Å²) in [4.78, 5) is 0. The van der Waals surface area contributed by atoms with Gasteiger partial charge < -0.3 is 10.5 Å². The molecular weight excluding hydrogens is 258 g/mol. The van der Waals surface area contributed by atoms with E-state index in [1.807, 2.05) is 12.1 Å². The van der Waals surface area contributed by atoms with Crippen LogP contribution in [0.3, 0.4) is 0 Å². The Balaban J connectivity index is 1.97. The van der Waals surface area contributed by atoms with E-state index in [1.165, 1.54) is 5.56 Å². The molecule has 0 aliphatic rings. The highest BCUT2D eigenvalue weighted by Crippen LogP contribution is 2.28. The Morgan fingerprint density at radius 1 is 0.905 bits per heavy atom. The molecule has 0 aliphatic carbocycles. The van der Waals surface area contributed by atoms with Gasteiger partial charge in [0, 0.05) is 6.54 Å². The maximum Gasteiger partial charge on any atom is 0.119 e. The van der Waals surface area contributed by atoms with Crippen molar-refractivity contribution in [1.82, 2.24) is 0 Å². The lowest BCUT2D eigenvalue weighted by Gasteiger charge is -2.23. The van der Waals surface area contributed by atoms with Crippen molar-refractivity contribution in [3.05, 3.63) is 65.2 Å². The van der Waals surface area contributed by atoms with Crippen molar-refractivity contribution in [1.29, 1.82) is 0 Å². The van der Waals surface area contributed by atoms with Crippen molar-refractivity contribution in [2.75, 3.05) is 0 Å². The molecule has 0 atom stereocenters. The van der Waals surface area contributed by atoms with E-state index in [9.17, 15) is 0 Å². The first-order valence-electron chi connectivity index (χ1n) is 7.56. The van der Waals surface area contributed by atoms with Crippen molar-refractivity contribution in [3.8, 4) is 5.75 Å². The maximum absolute atomic E-state index is 5.84. The summed E-state index contributed by atoms with van der Waals surface area (Å²) < 4.78 is 5.84. The SMILES string of the molecule is CCC(C)(C)c1ccc(OCc2ccc(CN)cc2)cc1. The van der Waals surface area contributed by atoms with Crippen molar-refractivity contribution in [2.45, 2.75) is 45.8 Å². The minimum Gasteiger partial charge on any atom is -0.489 e. The molecule has 2 heteroatoms. The Morgan fingerprint density at radius 2 is 1.48 bits per heavy atom. The topological polar surface area (TPSA) is 35.2 Å². The van der Waals surface area contributed by atoms with Crippen LogP contribution in [0.4, 0.5) is 0 Å². The average Bonchev–Trinajstić information content (AvgIpc) is 2.54. The number of hydrogen-bond acceptors (Lipinski definition) is 2. The summed E-state index contributed by atoms with van der Waals surface area (Å²) in [7, 11) is 0. The van der Waals surface area contributed by atoms with E-state index in [4.69, 9.17) is 10.5 Å². The second-order valence-corrected chi connectivity index (χ2v) is 6.07. The van der Waals surface area contributed by atoms with Crippen molar-refractivity contribution >= 4 is 0 Å². The van der Waals surface area contributed by atoms with Gasteiger partial charge in [-0.15, -0.1) is 0 Å². The van der Waals surface area contributed by atoms with E-state index < -0.39 is 0 Å². The molecule has 0 radical (unpaired) electrons. The molecule has 2 N–H and O–H groups in total. The van der Waals surface area contributed by atoms with Crippen molar-refractivity contribution in [3.63, 3.8) is 0 Å². The first-order chi connectivity index (χ1) is 10.0. The number of benzene rings is 2. The second-order valence-electron chi connectivity index (χ2n) is 6.07. The van der Waals surface area contributed by atoms with Gasteiger partial charge in [0.25, 0.3) is 0 Å². The van der Waals surface area contributed by atoms with Crippen LogP contribution in [0.2, 0.25) is 0 Å². The predicted octanol–water partition coefficient (Wildman–Crippen LogP) is 4.41. The van der Waals surface area contributed by atoms with Crippen LogP contribution in [-0.4, -0.2) is 0 Å². The Kier molecular flexibility index (Phi) is 5.03. The van der Waals surface area contributed by atoms with E-state index in [0.29, 0.717) is 13.2 Å². The van der Waals surface area contributed by atoms with E-state index in [-0.39, 0.29) is 5.41 Å². The van der Waals surface area contributed by atoms with Gasteiger partial charge in [0.05, 0.1) is 0 Å². The predicted molar refractivity (Wildman–Crippen MR) is 88.4 cm³/mol. The molecule has 0 heterocycles. The number of ether oxygens (including phenoxy) is 1. The molecule has 0 bridgehead atoms. The summed E-state index contributed by atoms with van der Waals surface area (Å²) in [6, 6.07) is 16.7.